The van der Waals surface area contributed by atoms with Crippen LogP contribution in [0.1, 0.15) is 0 Å². The minimum absolute atomic E-state index is 0.0670. The Morgan fingerprint density at radius 1 is 1.21 bits per heavy atom. The second-order valence-corrected chi connectivity index (χ2v) is 5.86. The number of nitrogens with one attached hydrogen (secondary N) is 1. The van der Waals surface area contributed by atoms with Gasteiger partial charge in [-0.05, 0) is 22.4 Å². The molecular formula is C10H13N5O3S. The first-order valence-corrected chi connectivity index (χ1v) is 7.36. The maximum Gasteiger partial charge on any atom is 0.240 e. The van der Waals surface area contributed by atoms with Gasteiger partial charge >= 0.3 is 0 Å². The normalized spacial score (nSPS) is 17.0. The van der Waals surface area contributed by atoms with Gasteiger partial charge in [0.1, 0.15) is 4.90 Å². The zero-order valence-corrected chi connectivity index (χ0v) is 10.9. The molecule has 0 atom stereocenters. The Bertz CT molecular complexity index is 705. The molecule has 9 heteroatoms. The molecule has 0 radical (unpaired) electrons. The number of sulfonamides is 1. The molecule has 2 aromatic rings. The number of anilines is 1. The molecule has 1 aliphatic heterocycles. The van der Waals surface area contributed by atoms with Gasteiger partial charge in [-0.1, -0.05) is 0 Å². The van der Waals surface area contributed by atoms with Crippen molar-refractivity contribution in [3.8, 4) is 0 Å². The van der Waals surface area contributed by atoms with Crippen LogP contribution in [-0.4, -0.2) is 44.9 Å². The average molecular weight is 283 g/mol. The van der Waals surface area contributed by atoms with Crippen LogP contribution < -0.4 is 15.4 Å². The largest absolute Gasteiger partial charge is 0.367 e. The maximum absolute atomic E-state index is 11.5. The van der Waals surface area contributed by atoms with E-state index in [0.29, 0.717) is 5.52 Å². The van der Waals surface area contributed by atoms with Crippen LogP contribution in [0.4, 0.5) is 5.69 Å². The summed E-state index contributed by atoms with van der Waals surface area (Å²) in [6.07, 6.45) is 0. The molecule has 1 aromatic carbocycles. The van der Waals surface area contributed by atoms with Crippen LogP contribution in [0.15, 0.2) is 21.7 Å². The lowest BCUT2D eigenvalue weighted by atomic mass is 10.2. The number of hydrogen-bond donors (Lipinski definition) is 2. The first-order chi connectivity index (χ1) is 9.07. The Balaban J connectivity index is 2.15. The highest BCUT2D eigenvalue weighted by Crippen LogP contribution is 2.29. The molecular weight excluding hydrogens is 270 g/mol. The summed E-state index contributed by atoms with van der Waals surface area (Å²) >= 11 is 0. The lowest BCUT2D eigenvalue weighted by Gasteiger charge is -2.29. The summed E-state index contributed by atoms with van der Waals surface area (Å²) in [5.74, 6) is 0. The number of primary sulfonamides is 1. The molecule has 3 N–H and O–H groups in total. The van der Waals surface area contributed by atoms with Crippen LogP contribution in [0.25, 0.3) is 11.0 Å². The monoisotopic (exact) mass is 283 g/mol. The summed E-state index contributed by atoms with van der Waals surface area (Å²) in [4.78, 5) is 2.04. The molecule has 3 rings (SSSR count). The van der Waals surface area contributed by atoms with Gasteiger partial charge in [-0.25, -0.2) is 18.2 Å². The molecule has 0 spiro atoms. The topological polar surface area (TPSA) is 114 Å². The highest BCUT2D eigenvalue weighted by Gasteiger charge is 2.22. The summed E-state index contributed by atoms with van der Waals surface area (Å²) < 4.78 is 27.6. The first kappa shape index (κ1) is 12.3. The van der Waals surface area contributed by atoms with Crippen molar-refractivity contribution in [3.63, 3.8) is 0 Å². The second kappa shape index (κ2) is 4.44. The molecule has 0 amide bonds. The SMILES string of the molecule is NS(=O)(=O)c1ccc(N2CCNCC2)c2nonc12. The van der Waals surface area contributed by atoms with E-state index in [1.807, 2.05) is 0 Å². The van der Waals surface area contributed by atoms with Crippen molar-refractivity contribution < 1.29 is 13.0 Å². The van der Waals surface area contributed by atoms with Gasteiger partial charge in [0, 0.05) is 26.2 Å². The molecule has 1 aliphatic rings. The fourth-order valence-electron chi connectivity index (χ4n) is 2.22. The molecule has 102 valence electrons. The van der Waals surface area contributed by atoms with Crippen molar-refractivity contribution in [1.29, 1.82) is 0 Å². The Kier molecular flexibility index (Phi) is 2.88. The van der Waals surface area contributed by atoms with Crippen LogP contribution >= 0.6 is 0 Å². The summed E-state index contributed by atoms with van der Waals surface area (Å²) in [7, 11) is -3.84. The lowest BCUT2D eigenvalue weighted by Crippen LogP contribution is -2.43. The van der Waals surface area contributed by atoms with E-state index >= 15 is 0 Å². The third-order valence-electron chi connectivity index (χ3n) is 3.12. The number of piperazine rings is 1. The molecule has 0 bridgehead atoms. The van der Waals surface area contributed by atoms with Crippen LogP contribution in [-0.2, 0) is 10.0 Å². The van der Waals surface area contributed by atoms with Gasteiger partial charge in [0.05, 0.1) is 5.69 Å². The fraction of sp³-hybridized carbons (Fsp3) is 0.400. The first-order valence-electron chi connectivity index (χ1n) is 5.81. The number of aromatic nitrogens is 2. The molecule has 1 aromatic heterocycles. The third kappa shape index (κ3) is 2.15. The number of nitrogens with zero attached hydrogens (tertiary/aromatic N) is 3. The maximum atomic E-state index is 11.5. The van der Waals surface area contributed by atoms with Gasteiger partial charge in [-0.3, -0.25) is 0 Å². The van der Waals surface area contributed by atoms with Gasteiger partial charge in [-0.15, -0.1) is 0 Å². The number of rotatable bonds is 2. The van der Waals surface area contributed by atoms with Gasteiger partial charge < -0.3 is 10.2 Å². The Morgan fingerprint density at radius 2 is 1.89 bits per heavy atom. The highest BCUT2D eigenvalue weighted by molar-refractivity contribution is 7.89. The Labute approximate surface area is 109 Å². The van der Waals surface area contributed by atoms with E-state index in [2.05, 4.69) is 25.2 Å². The highest BCUT2D eigenvalue weighted by atomic mass is 32.2. The van der Waals surface area contributed by atoms with Gasteiger partial charge in [0.15, 0.2) is 11.0 Å². The summed E-state index contributed by atoms with van der Waals surface area (Å²) in [5.41, 5.74) is 1.41. The lowest BCUT2D eigenvalue weighted by molar-refractivity contribution is 0.315. The smallest absolute Gasteiger partial charge is 0.240 e. The summed E-state index contributed by atoms with van der Waals surface area (Å²) in [6.45, 7) is 3.36. The Morgan fingerprint density at radius 3 is 2.58 bits per heavy atom. The van der Waals surface area contributed by atoms with Crippen molar-refractivity contribution in [2.45, 2.75) is 4.90 Å². The molecule has 1 saturated heterocycles. The van der Waals surface area contributed by atoms with E-state index in [-0.39, 0.29) is 10.4 Å². The Hall–Kier alpha value is -1.71. The van der Waals surface area contributed by atoms with E-state index in [4.69, 9.17) is 5.14 Å². The van der Waals surface area contributed by atoms with Gasteiger partial charge in [0.2, 0.25) is 10.0 Å². The zero-order chi connectivity index (χ0) is 13.5. The van der Waals surface area contributed by atoms with Crippen molar-refractivity contribution in [2.24, 2.45) is 5.14 Å². The number of benzene rings is 1. The number of nitrogens with two attached hydrogens (primary N) is 1. The number of hydrogen-bond acceptors (Lipinski definition) is 7. The molecule has 0 unspecified atom stereocenters. The standard InChI is InChI=1S/C10H13N5O3S/c11-19(16,17)8-2-1-7(9-10(8)14-18-13-9)15-5-3-12-4-6-15/h1-2,12H,3-6H2,(H2,11,16,17). The van der Waals surface area contributed by atoms with Crippen LogP contribution in [0.2, 0.25) is 0 Å². The second-order valence-electron chi connectivity index (χ2n) is 4.33. The minimum atomic E-state index is -3.84. The summed E-state index contributed by atoms with van der Waals surface area (Å²) in [6, 6.07) is 3.14. The van der Waals surface area contributed by atoms with Gasteiger partial charge in [0.25, 0.3) is 0 Å². The molecule has 2 heterocycles. The van der Waals surface area contributed by atoms with Crippen molar-refractivity contribution in [2.75, 3.05) is 31.1 Å². The fourth-order valence-corrected chi connectivity index (χ4v) is 2.88. The van der Waals surface area contributed by atoms with E-state index < -0.39 is 10.0 Å². The van der Waals surface area contributed by atoms with E-state index in [0.717, 1.165) is 31.9 Å². The van der Waals surface area contributed by atoms with Gasteiger partial charge in [-0.2, -0.15) is 0 Å². The number of fused-ring (bicyclic) bond motifs is 1. The third-order valence-corrected chi connectivity index (χ3v) is 4.06. The zero-order valence-electron chi connectivity index (χ0n) is 10.0. The molecule has 8 nitrogen and oxygen atoms in total. The molecule has 19 heavy (non-hydrogen) atoms. The van der Waals surface area contributed by atoms with Crippen molar-refractivity contribution in [1.82, 2.24) is 15.6 Å². The van der Waals surface area contributed by atoms with Crippen LogP contribution in [0.3, 0.4) is 0 Å². The average Bonchev–Trinajstić information content (AvgIpc) is 2.86. The molecule has 0 aliphatic carbocycles. The van der Waals surface area contributed by atoms with Crippen molar-refractivity contribution in [3.05, 3.63) is 12.1 Å². The molecule has 0 saturated carbocycles. The van der Waals surface area contributed by atoms with E-state index in [9.17, 15) is 8.42 Å². The van der Waals surface area contributed by atoms with Crippen LogP contribution in [0.5, 0.6) is 0 Å². The van der Waals surface area contributed by atoms with E-state index in [1.165, 1.54) is 6.07 Å². The minimum Gasteiger partial charge on any atom is -0.367 e. The van der Waals surface area contributed by atoms with E-state index in [1.54, 1.807) is 6.07 Å². The predicted molar refractivity (Wildman–Crippen MR) is 68.3 cm³/mol. The quantitative estimate of drug-likeness (QED) is 0.747. The predicted octanol–water partition coefficient (Wildman–Crippen LogP) is -0.720. The molecule has 1 fully saturated rings. The van der Waals surface area contributed by atoms with Crippen LogP contribution in [0, 0.1) is 0 Å². The summed E-state index contributed by atoms with van der Waals surface area (Å²) in [5, 5.41) is 15.8. The van der Waals surface area contributed by atoms with Crippen molar-refractivity contribution >= 4 is 26.7 Å².